The van der Waals surface area contributed by atoms with Crippen LogP contribution in [0.4, 0.5) is 0 Å². The molecule has 4 aromatic rings. The van der Waals surface area contributed by atoms with Crippen LogP contribution in [-0.2, 0) is 12.3 Å². The van der Waals surface area contributed by atoms with E-state index in [-0.39, 0.29) is 0 Å². The zero-order valence-electron chi connectivity index (χ0n) is 23.3. The second kappa shape index (κ2) is 19.6. The van der Waals surface area contributed by atoms with Crippen molar-refractivity contribution in [1.29, 1.82) is 0 Å². The second-order valence-electron chi connectivity index (χ2n) is 6.70. The summed E-state index contributed by atoms with van der Waals surface area (Å²) < 4.78 is 0. The minimum atomic E-state index is 0.924. The molecule has 2 unspecified atom stereocenters. The van der Waals surface area contributed by atoms with Crippen LogP contribution in [0.15, 0.2) is 72.8 Å². The minimum Gasteiger partial charge on any atom is -0.121 e. The molecule has 0 nitrogen and oxygen atoms in total. The van der Waals surface area contributed by atoms with Crippen molar-refractivity contribution in [3.8, 4) is 11.1 Å². The molecule has 0 bridgehead atoms. The highest BCUT2D eigenvalue weighted by Gasteiger charge is 2.16. The molecule has 2 heteroatoms. The largest absolute Gasteiger partial charge is 0.121 e. The minimum absolute atomic E-state index is 0.924. The summed E-state index contributed by atoms with van der Waals surface area (Å²) in [4.78, 5) is 0. The van der Waals surface area contributed by atoms with Crippen LogP contribution in [0.1, 0.15) is 66.5 Å². The lowest BCUT2D eigenvalue weighted by atomic mass is 9.88. The number of rotatable bonds is 5. The van der Waals surface area contributed by atoms with Gasteiger partial charge in [-0.25, -0.2) is 0 Å². The number of hydrogen-bond acceptors (Lipinski definition) is 0. The third-order valence-corrected chi connectivity index (χ3v) is 6.48. The number of hydrogen-bond donors (Lipinski definition) is 0. The molecule has 4 rings (SSSR count). The third-order valence-electron chi connectivity index (χ3n) is 5.02. The molecule has 34 heavy (non-hydrogen) atoms. The standard InChI is InChI=1S/C24H24P2.4C2H6/c1-25-15-19-13-11-17-7-3-5-9-21(17)23(19)24-20(16-26-2)14-12-18-8-4-6-10-22(18)24;4*1-2/h3-14,25-26H,15-16H2,1-2H3;4*1-2H3. The Morgan fingerprint density at radius 2 is 0.765 bits per heavy atom. The summed E-state index contributed by atoms with van der Waals surface area (Å²) in [5.74, 6) is 0. The number of fused-ring (bicyclic) bond motifs is 2. The fourth-order valence-electron chi connectivity index (χ4n) is 3.90. The van der Waals surface area contributed by atoms with Gasteiger partial charge in [-0.1, -0.05) is 128 Å². The molecule has 0 heterocycles. The third kappa shape index (κ3) is 8.18. The molecule has 0 radical (unpaired) electrons. The van der Waals surface area contributed by atoms with Gasteiger partial charge in [0, 0.05) is 0 Å². The van der Waals surface area contributed by atoms with Crippen molar-refractivity contribution in [2.24, 2.45) is 0 Å². The first-order valence-electron chi connectivity index (χ1n) is 13.1. The van der Waals surface area contributed by atoms with E-state index in [0.29, 0.717) is 0 Å². The Morgan fingerprint density at radius 3 is 1.09 bits per heavy atom. The highest BCUT2D eigenvalue weighted by molar-refractivity contribution is 7.36. The van der Waals surface area contributed by atoms with E-state index in [1.807, 2.05) is 55.4 Å². The molecule has 0 aromatic heterocycles. The molecule has 186 valence electrons. The lowest BCUT2D eigenvalue weighted by Crippen LogP contribution is -1.95. The predicted molar refractivity (Wildman–Crippen MR) is 168 cm³/mol. The molecule has 2 atom stereocenters. The fraction of sp³-hybridized carbons (Fsp3) is 0.375. The van der Waals surface area contributed by atoms with Crippen molar-refractivity contribution in [3.63, 3.8) is 0 Å². The molecular weight excluding hydrogens is 446 g/mol. The zero-order chi connectivity index (χ0) is 25.9. The Hall–Kier alpha value is -1.74. The van der Waals surface area contributed by atoms with E-state index in [1.165, 1.54) is 43.8 Å². The summed E-state index contributed by atoms with van der Waals surface area (Å²) >= 11 is 0. The fourth-order valence-corrected chi connectivity index (χ4v) is 5.25. The zero-order valence-corrected chi connectivity index (χ0v) is 25.3. The van der Waals surface area contributed by atoms with Crippen molar-refractivity contribution >= 4 is 38.7 Å². The van der Waals surface area contributed by atoms with Gasteiger partial charge in [-0.2, -0.15) is 0 Å². The summed E-state index contributed by atoms with van der Waals surface area (Å²) in [6.07, 6.45) is 2.30. The smallest absolute Gasteiger partial charge is 0.00607 e. The van der Waals surface area contributed by atoms with Gasteiger partial charge in [-0.3, -0.25) is 0 Å². The summed E-state index contributed by atoms with van der Waals surface area (Å²) in [5.41, 5.74) is 5.90. The van der Waals surface area contributed by atoms with E-state index < -0.39 is 0 Å². The van der Waals surface area contributed by atoms with Gasteiger partial charge in [0.25, 0.3) is 0 Å². The average Bonchev–Trinajstić information content (AvgIpc) is 2.94. The van der Waals surface area contributed by atoms with Crippen molar-refractivity contribution in [3.05, 3.63) is 83.9 Å². The Bertz CT molecular complexity index is 980. The highest BCUT2D eigenvalue weighted by Crippen LogP contribution is 2.41. The van der Waals surface area contributed by atoms with Gasteiger partial charge in [0.15, 0.2) is 0 Å². The molecule has 0 saturated heterocycles. The first-order valence-corrected chi connectivity index (χ1v) is 16.6. The SMILES string of the molecule is CC.CC.CC.CC.CPCc1ccc2ccccc2c1-c1c(CPC)ccc2ccccc12. The highest BCUT2D eigenvalue weighted by atomic mass is 31.1. The van der Waals surface area contributed by atoms with Crippen LogP contribution in [-0.4, -0.2) is 13.3 Å². The van der Waals surface area contributed by atoms with Crippen LogP contribution < -0.4 is 0 Å². The Labute approximate surface area is 214 Å². The van der Waals surface area contributed by atoms with E-state index in [4.69, 9.17) is 0 Å². The van der Waals surface area contributed by atoms with Crippen LogP contribution in [0, 0.1) is 0 Å². The summed E-state index contributed by atoms with van der Waals surface area (Å²) in [7, 11) is 1.85. The van der Waals surface area contributed by atoms with Crippen molar-refractivity contribution in [1.82, 2.24) is 0 Å². The van der Waals surface area contributed by atoms with Crippen LogP contribution in [0.2, 0.25) is 0 Å². The van der Waals surface area contributed by atoms with Gasteiger partial charge in [0.2, 0.25) is 0 Å². The van der Waals surface area contributed by atoms with Gasteiger partial charge in [-0.15, -0.1) is 17.2 Å². The van der Waals surface area contributed by atoms with Gasteiger partial charge in [0.1, 0.15) is 0 Å². The van der Waals surface area contributed by atoms with E-state index in [0.717, 1.165) is 29.5 Å². The molecule has 0 fully saturated rings. The van der Waals surface area contributed by atoms with Crippen molar-refractivity contribution in [2.45, 2.75) is 67.7 Å². The quantitative estimate of drug-likeness (QED) is 0.242. The lowest BCUT2D eigenvalue weighted by molar-refractivity contribution is 1.38. The molecule has 0 spiro atoms. The Kier molecular flexibility index (Phi) is 18.6. The average molecular weight is 495 g/mol. The molecule has 0 amide bonds. The molecule has 0 aliphatic rings. The maximum Gasteiger partial charge on any atom is -0.00607 e. The maximum absolute atomic E-state index is 2.36. The Morgan fingerprint density at radius 1 is 0.441 bits per heavy atom. The van der Waals surface area contributed by atoms with E-state index in [1.54, 1.807) is 0 Å². The monoisotopic (exact) mass is 494 g/mol. The molecule has 0 N–H and O–H groups in total. The Balaban J connectivity index is 0.00000124. The topological polar surface area (TPSA) is 0 Å². The van der Waals surface area contributed by atoms with Gasteiger partial charge in [-0.05, 0) is 69.5 Å². The van der Waals surface area contributed by atoms with Crippen LogP contribution in [0.3, 0.4) is 0 Å². The number of benzene rings is 4. The summed E-state index contributed by atoms with van der Waals surface area (Å²) in [6, 6.07) is 27.0. The summed E-state index contributed by atoms with van der Waals surface area (Å²) in [5, 5.41) is 5.45. The van der Waals surface area contributed by atoms with Crippen molar-refractivity contribution in [2.75, 3.05) is 13.3 Å². The molecule has 0 aliphatic carbocycles. The van der Waals surface area contributed by atoms with Crippen LogP contribution in [0.25, 0.3) is 32.7 Å². The molecular formula is C32H48P2. The predicted octanol–water partition coefficient (Wildman–Crippen LogP) is 11.4. The molecule has 0 aliphatic heterocycles. The first-order chi connectivity index (χ1) is 16.8. The van der Waals surface area contributed by atoms with Gasteiger partial charge < -0.3 is 0 Å². The first kappa shape index (κ1) is 32.3. The maximum atomic E-state index is 2.36. The van der Waals surface area contributed by atoms with Crippen LogP contribution >= 0.6 is 17.2 Å². The van der Waals surface area contributed by atoms with E-state index >= 15 is 0 Å². The molecule has 0 saturated carbocycles. The van der Waals surface area contributed by atoms with Gasteiger partial charge in [0.05, 0.1) is 0 Å². The van der Waals surface area contributed by atoms with E-state index in [2.05, 4.69) is 86.1 Å². The second-order valence-corrected chi connectivity index (χ2v) is 8.82. The summed E-state index contributed by atoms with van der Waals surface area (Å²) in [6.45, 7) is 20.6. The van der Waals surface area contributed by atoms with Gasteiger partial charge >= 0.3 is 0 Å². The molecule has 4 aromatic carbocycles. The van der Waals surface area contributed by atoms with Crippen molar-refractivity contribution < 1.29 is 0 Å². The van der Waals surface area contributed by atoms with Crippen LogP contribution in [0.5, 0.6) is 0 Å². The normalized spacial score (nSPS) is 10.1. The lowest BCUT2D eigenvalue weighted by Gasteiger charge is -2.19. The van der Waals surface area contributed by atoms with E-state index in [9.17, 15) is 0 Å².